The zero-order valence-corrected chi connectivity index (χ0v) is 13.0. The van der Waals surface area contributed by atoms with Crippen molar-refractivity contribution in [1.29, 1.82) is 0 Å². The van der Waals surface area contributed by atoms with Crippen LogP contribution in [0.2, 0.25) is 0 Å². The van der Waals surface area contributed by atoms with Crippen LogP contribution in [0.3, 0.4) is 0 Å². The molecule has 1 unspecified atom stereocenters. The smallest absolute Gasteiger partial charge is 0.223 e. The SMILES string of the molecule is C#CCN(C(=O)CCC1(C)CCC(=O)N1)C1CCCCC1. The predicted molar refractivity (Wildman–Crippen MR) is 82.4 cm³/mol. The Morgan fingerprint density at radius 3 is 2.71 bits per heavy atom. The van der Waals surface area contributed by atoms with Gasteiger partial charge in [0.2, 0.25) is 11.8 Å². The maximum Gasteiger partial charge on any atom is 0.223 e. The Bertz CT molecular complexity index is 435. The standard InChI is InChI=1S/C17H26N2O2/c1-3-13-19(14-7-5-4-6-8-14)16(21)10-12-17(2)11-9-15(20)18-17/h1,14H,4-13H2,2H3,(H,18,20). The topological polar surface area (TPSA) is 49.4 Å². The molecule has 0 spiro atoms. The quantitative estimate of drug-likeness (QED) is 0.789. The fourth-order valence-corrected chi connectivity index (χ4v) is 3.48. The van der Waals surface area contributed by atoms with Crippen molar-refractivity contribution in [3.63, 3.8) is 0 Å². The zero-order chi connectivity index (χ0) is 15.3. The first kappa shape index (κ1) is 15.9. The number of nitrogens with zero attached hydrogens (tertiary/aromatic N) is 1. The molecule has 1 aliphatic carbocycles. The van der Waals surface area contributed by atoms with Gasteiger partial charge in [0.25, 0.3) is 0 Å². The van der Waals surface area contributed by atoms with Crippen LogP contribution in [-0.2, 0) is 9.59 Å². The molecule has 2 aliphatic rings. The molecule has 1 saturated heterocycles. The Kier molecular flexibility index (Phi) is 5.27. The second-order valence-electron chi connectivity index (χ2n) is 6.63. The van der Waals surface area contributed by atoms with Gasteiger partial charge >= 0.3 is 0 Å². The average molecular weight is 290 g/mol. The lowest BCUT2D eigenvalue weighted by molar-refractivity contribution is -0.134. The molecule has 1 saturated carbocycles. The molecule has 0 aromatic heterocycles. The van der Waals surface area contributed by atoms with E-state index in [2.05, 4.69) is 11.2 Å². The molecule has 0 bridgehead atoms. The number of rotatable bonds is 5. The monoisotopic (exact) mass is 290 g/mol. The molecule has 1 atom stereocenters. The van der Waals surface area contributed by atoms with Gasteiger partial charge in [-0.05, 0) is 32.6 Å². The Labute approximate surface area is 127 Å². The summed E-state index contributed by atoms with van der Waals surface area (Å²) in [7, 11) is 0. The predicted octanol–water partition coefficient (Wildman–Crippen LogP) is 2.23. The molecule has 0 radical (unpaired) electrons. The molecular formula is C17H26N2O2. The van der Waals surface area contributed by atoms with Gasteiger partial charge in [0.15, 0.2) is 0 Å². The van der Waals surface area contributed by atoms with Gasteiger partial charge < -0.3 is 10.2 Å². The third kappa shape index (κ3) is 4.23. The second kappa shape index (κ2) is 6.98. The van der Waals surface area contributed by atoms with Crippen molar-refractivity contribution in [3.05, 3.63) is 0 Å². The number of carbonyl (C=O) groups excluding carboxylic acids is 2. The van der Waals surface area contributed by atoms with E-state index in [-0.39, 0.29) is 17.4 Å². The van der Waals surface area contributed by atoms with Crippen molar-refractivity contribution in [1.82, 2.24) is 10.2 Å². The van der Waals surface area contributed by atoms with Gasteiger partial charge in [0.1, 0.15) is 0 Å². The molecule has 0 aromatic carbocycles. The summed E-state index contributed by atoms with van der Waals surface area (Å²) in [4.78, 5) is 25.8. The van der Waals surface area contributed by atoms with Gasteiger partial charge in [-0.15, -0.1) is 6.42 Å². The Morgan fingerprint density at radius 2 is 2.14 bits per heavy atom. The first-order valence-electron chi connectivity index (χ1n) is 8.08. The van der Waals surface area contributed by atoms with Gasteiger partial charge in [-0.3, -0.25) is 9.59 Å². The van der Waals surface area contributed by atoms with E-state index >= 15 is 0 Å². The summed E-state index contributed by atoms with van der Waals surface area (Å²) in [5, 5.41) is 2.99. The van der Waals surface area contributed by atoms with Crippen LogP contribution in [0.25, 0.3) is 0 Å². The van der Waals surface area contributed by atoms with E-state index in [0.717, 1.165) is 19.3 Å². The Balaban J connectivity index is 1.89. The third-order valence-electron chi connectivity index (χ3n) is 4.83. The fraction of sp³-hybridized carbons (Fsp3) is 0.765. The van der Waals surface area contributed by atoms with E-state index in [4.69, 9.17) is 6.42 Å². The molecule has 21 heavy (non-hydrogen) atoms. The molecule has 0 aromatic rings. The molecule has 2 rings (SSSR count). The maximum atomic E-state index is 12.5. The van der Waals surface area contributed by atoms with Gasteiger partial charge in [-0.2, -0.15) is 0 Å². The van der Waals surface area contributed by atoms with Crippen molar-refractivity contribution in [3.8, 4) is 12.3 Å². The van der Waals surface area contributed by atoms with Crippen molar-refractivity contribution >= 4 is 11.8 Å². The number of nitrogens with one attached hydrogen (secondary N) is 1. The summed E-state index contributed by atoms with van der Waals surface area (Å²) in [6.45, 7) is 2.43. The number of carbonyl (C=O) groups is 2. The normalized spacial score (nSPS) is 26.2. The molecule has 1 aliphatic heterocycles. The molecule has 1 N–H and O–H groups in total. The van der Waals surface area contributed by atoms with Gasteiger partial charge in [0, 0.05) is 24.4 Å². The van der Waals surface area contributed by atoms with E-state index in [0.29, 0.717) is 31.8 Å². The first-order valence-corrected chi connectivity index (χ1v) is 8.08. The Morgan fingerprint density at radius 1 is 1.43 bits per heavy atom. The molecular weight excluding hydrogens is 264 g/mol. The van der Waals surface area contributed by atoms with Crippen LogP contribution in [0.1, 0.15) is 64.7 Å². The lowest BCUT2D eigenvalue weighted by Crippen LogP contribution is -2.44. The van der Waals surface area contributed by atoms with Crippen molar-refractivity contribution in [2.24, 2.45) is 0 Å². The van der Waals surface area contributed by atoms with Crippen molar-refractivity contribution in [2.45, 2.75) is 76.3 Å². The molecule has 2 amide bonds. The summed E-state index contributed by atoms with van der Waals surface area (Å²) in [6, 6.07) is 0.313. The largest absolute Gasteiger partial charge is 0.351 e. The van der Waals surface area contributed by atoms with Crippen LogP contribution in [0.15, 0.2) is 0 Å². The fourth-order valence-electron chi connectivity index (χ4n) is 3.48. The van der Waals surface area contributed by atoms with Crippen molar-refractivity contribution < 1.29 is 9.59 Å². The van der Waals surface area contributed by atoms with Crippen LogP contribution < -0.4 is 5.32 Å². The van der Waals surface area contributed by atoms with Crippen LogP contribution >= 0.6 is 0 Å². The second-order valence-corrected chi connectivity index (χ2v) is 6.63. The van der Waals surface area contributed by atoms with Crippen LogP contribution in [0, 0.1) is 12.3 Å². The van der Waals surface area contributed by atoms with E-state index in [1.165, 1.54) is 19.3 Å². The van der Waals surface area contributed by atoms with Gasteiger partial charge in [-0.1, -0.05) is 25.2 Å². The third-order valence-corrected chi connectivity index (χ3v) is 4.83. The number of hydrogen-bond donors (Lipinski definition) is 1. The minimum Gasteiger partial charge on any atom is -0.351 e. The van der Waals surface area contributed by atoms with Crippen LogP contribution in [-0.4, -0.2) is 34.8 Å². The van der Waals surface area contributed by atoms with Gasteiger partial charge in [0.05, 0.1) is 6.54 Å². The lowest BCUT2D eigenvalue weighted by atomic mass is 9.92. The maximum absolute atomic E-state index is 12.5. The van der Waals surface area contributed by atoms with Crippen molar-refractivity contribution in [2.75, 3.05) is 6.54 Å². The molecule has 1 heterocycles. The Hall–Kier alpha value is -1.50. The number of terminal acetylenes is 1. The number of hydrogen-bond acceptors (Lipinski definition) is 2. The summed E-state index contributed by atoms with van der Waals surface area (Å²) in [5.74, 6) is 2.86. The highest BCUT2D eigenvalue weighted by Crippen LogP contribution is 2.27. The lowest BCUT2D eigenvalue weighted by Gasteiger charge is -2.34. The minimum atomic E-state index is -0.221. The highest BCUT2D eigenvalue weighted by atomic mass is 16.2. The van der Waals surface area contributed by atoms with E-state index in [9.17, 15) is 9.59 Å². The minimum absolute atomic E-state index is 0.0951. The summed E-state index contributed by atoms with van der Waals surface area (Å²) >= 11 is 0. The summed E-state index contributed by atoms with van der Waals surface area (Å²) < 4.78 is 0. The molecule has 116 valence electrons. The summed E-state index contributed by atoms with van der Waals surface area (Å²) in [5.41, 5.74) is -0.221. The van der Waals surface area contributed by atoms with E-state index < -0.39 is 0 Å². The molecule has 4 nitrogen and oxygen atoms in total. The van der Waals surface area contributed by atoms with Gasteiger partial charge in [-0.25, -0.2) is 0 Å². The zero-order valence-electron chi connectivity index (χ0n) is 13.0. The van der Waals surface area contributed by atoms with E-state index in [1.54, 1.807) is 0 Å². The highest BCUT2D eigenvalue weighted by Gasteiger charge is 2.34. The number of amides is 2. The van der Waals surface area contributed by atoms with E-state index in [1.807, 2.05) is 11.8 Å². The highest BCUT2D eigenvalue weighted by molar-refractivity contribution is 5.80. The van der Waals surface area contributed by atoms with Crippen LogP contribution in [0.5, 0.6) is 0 Å². The summed E-state index contributed by atoms with van der Waals surface area (Å²) in [6.07, 6.45) is 13.8. The van der Waals surface area contributed by atoms with Crippen LogP contribution in [0.4, 0.5) is 0 Å². The molecule has 4 heteroatoms. The first-order chi connectivity index (χ1) is 10.0. The molecule has 2 fully saturated rings. The average Bonchev–Trinajstić information content (AvgIpc) is 2.83.